The van der Waals surface area contributed by atoms with Crippen molar-refractivity contribution in [2.24, 2.45) is 23.7 Å². The molecule has 1 amide bonds. The standard InChI is InChI=1S/C32H37ClN2O5S/c33-25-8-10-27-21(14-25)2-1-13-32(27)18-35-16-23-5-9-26(23)29(36)11-6-20-3-4-24(20)17-41(38,39)34-31(37)22-7-12-30(40-19-32)28(35)15-22/h6-8,10-12,14-15,20,23-24,26,29,36H,1-5,9,13,16-19H2,(H,34,37)/b11-6+/t20-,23+,24-,26-,29+,32+/m1/s1. The minimum Gasteiger partial charge on any atom is -0.490 e. The Morgan fingerprint density at radius 2 is 1.90 bits per heavy atom. The number of halogens is 1. The SMILES string of the molecule is O=C1NS(=O)(=O)C[C@H]2CC[C@@H]2/C=C/[C@H](O)[C@@H]2CC[C@H]2CN2C[C@@]3(CCCc4cc(Cl)ccc43)COc3ccc1cc32. The van der Waals surface area contributed by atoms with Gasteiger partial charge in [0.05, 0.1) is 24.2 Å². The van der Waals surface area contributed by atoms with E-state index in [9.17, 15) is 18.3 Å². The first-order valence-electron chi connectivity index (χ1n) is 14.9. The molecule has 2 heterocycles. The molecule has 2 aromatic carbocycles. The largest absolute Gasteiger partial charge is 0.490 e. The summed E-state index contributed by atoms with van der Waals surface area (Å²) in [6.07, 6.45) is 10.0. The van der Waals surface area contributed by atoms with Crippen LogP contribution in [0, 0.1) is 23.7 Å². The van der Waals surface area contributed by atoms with E-state index in [-0.39, 0.29) is 28.9 Å². The molecule has 2 aliphatic heterocycles. The van der Waals surface area contributed by atoms with E-state index in [1.165, 1.54) is 11.1 Å². The minimum absolute atomic E-state index is 0.0470. The first-order chi connectivity index (χ1) is 19.7. The van der Waals surface area contributed by atoms with Crippen LogP contribution in [0.4, 0.5) is 5.69 Å². The van der Waals surface area contributed by atoms with Gasteiger partial charge in [0.2, 0.25) is 10.0 Å². The average molecular weight is 597 g/mol. The average Bonchev–Trinajstić information content (AvgIpc) is 3.05. The normalized spacial score (nSPS) is 34.8. The Morgan fingerprint density at radius 3 is 2.68 bits per heavy atom. The van der Waals surface area contributed by atoms with Crippen molar-refractivity contribution in [2.45, 2.75) is 56.5 Å². The van der Waals surface area contributed by atoms with Crippen molar-refractivity contribution >= 4 is 33.2 Å². The van der Waals surface area contributed by atoms with Gasteiger partial charge < -0.3 is 14.7 Å². The molecule has 6 atom stereocenters. The number of aliphatic hydroxyl groups is 1. The number of sulfonamides is 1. The van der Waals surface area contributed by atoms with E-state index in [1.54, 1.807) is 18.2 Å². The van der Waals surface area contributed by atoms with E-state index in [2.05, 4.69) is 21.8 Å². The Labute approximate surface area is 247 Å². The number of benzene rings is 2. The third-order valence-electron chi connectivity index (χ3n) is 10.4. The maximum Gasteiger partial charge on any atom is 0.264 e. The van der Waals surface area contributed by atoms with Gasteiger partial charge in [-0.25, -0.2) is 13.1 Å². The molecule has 7 nitrogen and oxygen atoms in total. The van der Waals surface area contributed by atoms with Gasteiger partial charge in [-0.1, -0.05) is 29.8 Å². The minimum atomic E-state index is -3.81. The van der Waals surface area contributed by atoms with Crippen molar-refractivity contribution < 1.29 is 23.1 Å². The van der Waals surface area contributed by atoms with Crippen molar-refractivity contribution in [3.63, 3.8) is 0 Å². The molecule has 7 rings (SSSR count). The number of hydrogen-bond donors (Lipinski definition) is 2. The third kappa shape index (κ3) is 5.06. The van der Waals surface area contributed by atoms with Crippen LogP contribution < -0.4 is 14.4 Å². The van der Waals surface area contributed by atoms with Crippen LogP contribution in [0.25, 0.3) is 0 Å². The molecule has 0 aromatic heterocycles. The van der Waals surface area contributed by atoms with Crippen molar-refractivity contribution in [1.29, 1.82) is 0 Å². The molecule has 2 fully saturated rings. The summed E-state index contributed by atoms with van der Waals surface area (Å²) in [5.41, 5.74) is 3.38. The first-order valence-corrected chi connectivity index (χ1v) is 16.9. The Bertz CT molecular complexity index is 1510. The van der Waals surface area contributed by atoms with Crippen LogP contribution in [0.1, 0.15) is 60.0 Å². The maximum atomic E-state index is 13.3. The third-order valence-corrected chi connectivity index (χ3v) is 12.0. The number of anilines is 1. The summed E-state index contributed by atoms with van der Waals surface area (Å²) in [5.74, 6) is 0.493. The lowest BCUT2D eigenvalue weighted by Crippen LogP contribution is -2.49. The van der Waals surface area contributed by atoms with Crippen molar-refractivity contribution in [3.05, 3.63) is 70.3 Å². The quantitative estimate of drug-likeness (QED) is 0.422. The zero-order valence-electron chi connectivity index (χ0n) is 23.1. The number of amides is 1. The van der Waals surface area contributed by atoms with E-state index in [0.717, 1.165) is 62.2 Å². The molecule has 2 N–H and O–H groups in total. The number of nitrogens with one attached hydrogen (secondary N) is 1. The summed E-state index contributed by atoms with van der Waals surface area (Å²) < 4.78 is 34.8. The molecule has 41 heavy (non-hydrogen) atoms. The fourth-order valence-corrected chi connectivity index (χ4v) is 9.44. The van der Waals surface area contributed by atoms with E-state index < -0.39 is 22.0 Å². The van der Waals surface area contributed by atoms with Crippen molar-refractivity contribution in [3.8, 4) is 5.75 Å². The Kier molecular flexibility index (Phi) is 6.87. The van der Waals surface area contributed by atoms with Crippen LogP contribution in [0.15, 0.2) is 48.6 Å². The Balaban J connectivity index is 1.29. The van der Waals surface area contributed by atoms with Gasteiger partial charge in [-0.15, -0.1) is 0 Å². The monoisotopic (exact) mass is 596 g/mol. The van der Waals surface area contributed by atoms with E-state index in [4.69, 9.17) is 16.3 Å². The van der Waals surface area contributed by atoms with Gasteiger partial charge in [-0.2, -0.15) is 0 Å². The van der Waals surface area contributed by atoms with Gasteiger partial charge in [0.15, 0.2) is 0 Å². The van der Waals surface area contributed by atoms with Crippen molar-refractivity contribution in [1.82, 2.24) is 4.72 Å². The fourth-order valence-electron chi connectivity index (χ4n) is 7.79. The van der Waals surface area contributed by atoms with Gasteiger partial charge in [0.1, 0.15) is 5.75 Å². The summed E-state index contributed by atoms with van der Waals surface area (Å²) in [4.78, 5) is 15.6. The van der Waals surface area contributed by atoms with Crippen LogP contribution in [0.5, 0.6) is 5.75 Å². The molecular weight excluding hydrogens is 560 g/mol. The van der Waals surface area contributed by atoms with E-state index in [0.29, 0.717) is 30.4 Å². The zero-order chi connectivity index (χ0) is 28.4. The number of nitrogens with zero attached hydrogens (tertiary/aromatic N) is 1. The molecule has 0 unspecified atom stereocenters. The number of hydrogen-bond acceptors (Lipinski definition) is 6. The second kappa shape index (κ2) is 10.3. The van der Waals surface area contributed by atoms with Crippen LogP contribution in [0.2, 0.25) is 5.02 Å². The topological polar surface area (TPSA) is 95.9 Å². The number of allylic oxidation sites excluding steroid dienone is 1. The van der Waals surface area contributed by atoms with E-state index in [1.807, 2.05) is 18.2 Å². The molecule has 9 heteroatoms. The second-order valence-corrected chi connectivity index (χ2v) is 15.1. The van der Waals surface area contributed by atoms with Crippen LogP contribution in [-0.4, -0.2) is 51.0 Å². The molecule has 1 spiro atoms. The predicted molar refractivity (Wildman–Crippen MR) is 159 cm³/mol. The van der Waals surface area contributed by atoms with Crippen LogP contribution >= 0.6 is 11.6 Å². The van der Waals surface area contributed by atoms with E-state index >= 15 is 0 Å². The smallest absolute Gasteiger partial charge is 0.264 e. The van der Waals surface area contributed by atoms with Gasteiger partial charge in [0.25, 0.3) is 5.91 Å². The molecule has 5 aliphatic rings. The molecule has 3 aliphatic carbocycles. The number of aliphatic hydroxyl groups excluding tert-OH is 1. The predicted octanol–water partition coefficient (Wildman–Crippen LogP) is 4.86. The fraction of sp³-hybridized carbons (Fsp3) is 0.531. The number of ether oxygens (including phenoxy) is 1. The van der Waals surface area contributed by atoms with Gasteiger partial charge in [-0.05, 0) is 110 Å². The number of carbonyl (C=O) groups is 1. The maximum absolute atomic E-state index is 13.3. The molecule has 2 bridgehead atoms. The Hall–Kier alpha value is -2.55. The molecule has 0 saturated heterocycles. The lowest BCUT2D eigenvalue weighted by Gasteiger charge is -2.45. The van der Waals surface area contributed by atoms with Gasteiger partial charge >= 0.3 is 0 Å². The molecular formula is C32H37ClN2O5S. The highest BCUT2D eigenvalue weighted by molar-refractivity contribution is 7.90. The molecule has 2 aromatic rings. The molecule has 2 saturated carbocycles. The first kappa shape index (κ1) is 27.3. The second-order valence-electron chi connectivity index (χ2n) is 12.9. The summed E-state index contributed by atoms with van der Waals surface area (Å²) in [6, 6.07) is 11.4. The Morgan fingerprint density at radius 1 is 1.05 bits per heavy atom. The van der Waals surface area contributed by atoms with Gasteiger partial charge in [-0.3, -0.25) is 4.79 Å². The number of fused-ring (bicyclic) bond motifs is 5. The molecule has 0 radical (unpaired) electrons. The highest BCUT2D eigenvalue weighted by Crippen LogP contribution is 2.47. The summed E-state index contributed by atoms with van der Waals surface area (Å²) in [7, 11) is -3.81. The highest BCUT2D eigenvalue weighted by atomic mass is 35.5. The van der Waals surface area contributed by atoms with Crippen LogP contribution in [-0.2, 0) is 21.9 Å². The van der Waals surface area contributed by atoms with Crippen LogP contribution in [0.3, 0.4) is 0 Å². The zero-order valence-corrected chi connectivity index (χ0v) is 24.7. The lowest BCUT2D eigenvalue weighted by atomic mass is 9.68. The lowest BCUT2D eigenvalue weighted by molar-refractivity contribution is 0.0450. The van der Waals surface area contributed by atoms with Crippen molar-refractivity contribution in [2.75, 3.05) is 30.3 Å². The molecule has 218 valence electrons. The number of carbonyl (C=O) groups excluding carboxylic acids is 1. The number of rotatable bonds is 0. The summed E-state index contributed by atoms with van der Waals surface area (Å²) in [5, 5.41) is 11.9. The van der Waals surface area contributed by atoms with Gasteiger partial charge in [0, 0.05) is 29.1 Å². The summed E-state index contributed by atoms with van der Waals surface area (Å²) in [6.45, 7) is 1.94. The highest BCUT2D eigenvalue weighted by Gasteiger charge is 2.44. The summed E-state index contributed by atoms with van der Waals surface area (Å²) >= 11 is 6.38. The number of aryl methyl sites for hydroxylation is 1.